The van der Waals surface area contributed by atoms with Crippen LogP contribution in [0.5, 0.6) is 0 Å². The van der Waals surface area contributed by atoms with E-state index in [0.29, 0.717) is 0 Å². The molecule has 0 aliphatic heterocycles. The molecule has 0 aliphatic carbocycles. The van der Waals surface area contributed by atoms with E-state index in [-0.39, 0.29) is 12.3 Å². The van der Waals surface area contributed by atoms with Gasteiger partial charge in [0.15, 0.2) is 0 Å². The van der Waals surface area contributed by atoms with E-state index in [4.69, 9.17) is 11.6 Å². The molecule has 0 aliphatic rings. The molecule has 1 amide bonds. The lowest BCUT2D eigenvalue weighted by Crippen LogP contribution is -2.31. The van der Waals surface area contributed by atoms with E-state index in [1.165, 1.54) is 5.56 Å². The second kappa shape index (κ2) is 7.15. The third kappa shape index (κ3) is 4.24. The van der Waals surface area contributed by atoms with E-state index in [2.05, 4.69) is 11.5 Å². The first-order valence-corrected chi connectivity index (χ1v) is 7.64. The normalized spacial score (nSPS) is 10.4. The first-order valence-electron chi connectivity index (χ1n) is 6.65. The zero-order valence-corrected chi connectivity index (χ0v) is 12.7. The Balaban J connectivity index is 2.13. The summed E-state index contributed by atoms with van der Waals surface area (Å²) in [6, 6.07) is 13.9. The maximum Gasteiger partial charge on any atom is 0.238 e. The van der Waals surface area contributed by atoms with Crippen LogP contribution in [0.15, 0.2) is 47.4 Å². The summed E-state index contributed by atoms with van der Waals surface area (Å²) in [5, 5.41) is 0. The van der Waals surface area contributed by atoms with Gasteiger partial charge in [-0.3, -0.25) is 10.2 Å². The van der Waals surface area contributed by atoms with Gasteiger partial charge in [-0.25, -0.2) is 5.84 Å². The van der Waals surface area contributed by atoms with E-state index in [1.807, 2.05) is 43.3 Å². The highest BCUT2D eigenvalue weighted by Gasteiger charge is 2.08. The van der Waals surface area contributed by atoms with E-state index in [9.17, 15) is 4.79 Å². The van der Waals surface area contributed by atoms with Crippen molar-refractivity contribution in [1.29, 1.82) is 0 Å². The Hall–Kier alpha value is -1.98. The van der Waals surface area contributed by atoms with Crippen LogP contribution in [0, 0.1) is 6.92 Å². The maximum atomic E-state index is 11.4. The molecule has 2 aromatic rings. The third-order valence-corrected chi connectivity index (χ3v) is 4.30. The van der Waals surface area contributed by atoms with Crippen LogP contribution in [0.2, 0.25) is 0 Å². The van der Waals surface area contributed by atoms with Gasteiger partial charge in [0.25, 0.3) is 0 Å². The zero-order valence-electron chi connectivity index (χ0n) is 11.9. The van der Waals surface area contributed by atoms with Crippen LogP contribution in [0.3, 0.4) is 0 Å². The van der Waals surface area contributed by atoms with E-state index >= 15 is 0 Å². The molecule has 0 aromatic heterocycles. The van der Waals surface area contributed by atoms with Crippen molar-refractivity contribution in [2.45, 2.75) is 24.0 Å². The fraction of sp³-hybridized carbons (Fsp3) is 0.188. The molecule has 110 valence electrons. The molecule has 0 unspecified atom stereocenters. The molecule has 0 fully saturated rings. The monoisotopic (exact) mass is 301 g/mol. The summed E-state index contributed by atoms with van der Waals surface area (Å²) in [6.45, 7) is 2.04. The smallest absolute Gasteiger partial charge is 0.238 e. The molecule has 0 heterocycles. The van der Waals surface area contributed by atoms with Gasteiger partial charge in [0.2, 0.25) is 5.91 Å². The van der Waals surface area contributed by atoms with Gasteiger partial charge in [-0.15, -0.1) is 11.8 Å². The number of hydrogen-bond acceptors (Lipinski definition) is 4. The molecule has 0 spiro atoms. The van der Waals surface area contributed by atoms with Crippen molar-refractivity contribution in [1.82, 2.24) is 5.43 Å². The number of benzene rings is 2. The van der Waals surface area contributed by atoms with Crippen molar-refractivity contribution in [2.75, 3.05) is 5.73 Å². The van der Waals surface area contributed by atoms with E-state index in [0.717, 1.165) is 27.5 Å². The minimum absolute atomic E-state index is 0.192. The average Bonchev–Trinajstić information content (AvgIpc) is 2.49. The molecule has 0 atom stereocenters. The van der Waals surface area contributed by atoms with Crippen molar-refractivity contribution in [2.24, 2.45) is 5.84 Å². The lowest BCUT2D eigenvalue weighted by Gasteiger charge is -2.10. The van der Waals surface area contributed by atoms with Gasteiger partial charge in [-0.05, 0) is 35.7 Å². The van der Waals surface area contributed by atoms with Crippen LogP contribution in [0.4, 0.5) is 5.69 Å². The number of nitrogen functional groups attached to an aromatic ring is 1. The van der Waals surface area contributed by atoms with Crippen molar-refractivity contribution in [3.8, 4) is 0 Å². The average molecular weight is 301 g/mol. The van der Waals surface area contributed by atoms with Crippen molar-refractivity contribution in [3.05, 3.63) is 59.2 Å². The second-order valence-electron chi connectivity index (χ2n) is 4.84. The highest BCUT2D eigenvalue weighted by molar-refractivity contribution is 7.98. The summed E-state index contributed by atoms with van der Waals surface area (Å²) in [5.41, 5.74) is 12.2. The van der Waals surface area contributed by atoms with Crippen LogP contribution in [0.25, 0.3) is 0 Å². The largest absolute Gasteiger partial charge is 0.398 e. The van der Waals surface area contributed by atoms with E-state index < -0.39 is 0 Å². The van der Waals surface area contributed by atoms with Crippen molar-refractivity contribution < 1.29 is 4.79 Å². The molecule has 0 saturated heterocycles. The summed E-state index contributed by atoms with van der Waals surface area (Å²) in [4.78, 5) is 12.5. The van der Waals surface area contributed by atoms with Gasteiger partial charge in [0, 0.05) is 16.3 Å². The molecule has 0 radical (unpaired) electrons. The number of nitrogens with two attached hydrogens (primary N) is 2. The number of carbonyl (C=O) groups is 1. The van der Waals surface area contributed by atoms with E-state index in [1.54, 1.807) is 11.8 Å². The highest BCUT2D eigenvalue weighted by atomic mass is 32.2. The predicted octanol–water partition coefficient (Wildman–Crippen LogP) is 2.40. The summed E-state index contributed by atoms with van der Waals surface area (Å²) >= 11 is 1.68. The van der Waals surface area contributed by atoms with Gasteiger partial charge in [0.1, 0.15) is 0 Å². The molecule has 5 N–H and O–H groups in total. The molecule has 5 heteroatoms. The van der Waals surface area contributed by atoms with Crippen LogP contribution < -0.4 is 17.0 Å². The number of amides is 1. The van der Waals surface area contributed by atoms with Gasteiger partial charge in [-0.1, -0.05) is 30.3 Å². The summed E-state index contributed by atoms with van der Waals surface area (Å²) < 4.78 is 0. The molecular formula is C16H19N3OS. The number of rotatable bonds is 5. The molecule has 0 saturated carbocycles. The Morgan fingerprint density at radius 3 is 2.62 bits per heavy atom. The Kier molecular flexibility index (Phi) is 5.25. The van der Waals surface area contributed by atoms with Crippen LogP contribution >= 0.6 is 11.8 Å². The summed E-state index contributed by atoms with van der Waals surface area (Å²) in [6.07, 6.45) is 0.288. The maximum absolute atomic E-state index is 11.4. The SMILES string of the molecule is Cc1ccc(N)c(SCc2ccccc2CC(=O)NN)c1. The first kappa shape index (κ1) is 15.4. The summed E-state index contributed by atoms with van der Waals surface area (Å²) in [5.74, 6) is 5.72. The lowest BCUT2D eigenvalue weighted by atomic mass is 10.1. The zero-order chi connectivity index (χ0) is 15.2. The van der Waals surface area contributed by atoms with Crippen molar-refractivity contribution >= 4 is 23.4 Å². The quantitative estimate of drug-likeness (QED) is 0.260. The molecular weight excluding hydrogens is 282 g/mol. The Morgan fingerprint density at radius 2 is 1.90 bits per heavy atom. The van der Waals surface area contributed by atoms with Crippen LogP contribution in [0.1, 0.15) is 16.7 Å². The topological polar surface area (TPSA) is 81.1 Å². The minimum Gasteiger partial charge on any atom is -0.398 e. The Labute approximate surface area is 128 Å². The number of carbonyl (C=O) groups excluding carboxylic acids is 1. The van der Waals surface area contributed by atoms with Gasteiger partial charge in [0.05, 0.1) is 6.42 Å². The first-order chi connectivity index (χ1) is 10.1. The number of anilines is 1. The van der Waals surface area contributed by atoms with Crippen molar-refractivity contribution in [3.63, 3.8) is 0 Å². The minimum atomic E-state index is -0.192. The molecule has 4 nitrogen and oxygen atoms in total. The molecule has 2 rings (SSSR count). The third-order valence-electron chi connectivity index (χ3n) is 3.18. The van der Waals surface area contributed by atoms with Gasteiger partial charge in [-0.2, -0.15) is 0 Å². The Morgan fingerprint density at radius 1 is 1.19 bits per heavy atom. The number of thioether (sulfide) groups is 1. The fourth-order valence-electron chi connectivity index (χ4n) is 2.02. The van der Waals surface area contributed by atoms with Gasteiger partial charge >= 0.3 is 0 Å². The molecule has 0 bridgehead atoms. The molecule has 2 aromatic carbocycles. The number of hydrogen-bond donors (Lipinski definition) is 3. The Bertz CT molecular complexity index is 643. The second-order valence-corrected chi connectivity index (χ2v) is 5.86. The standard InChI is InChI=1S/C16H19N3OS/c1-11-6-7-14(17)15(8-11)21-10-13-5-3-2-4-12(13)9-16(20)19-18/h2-8H,9-10,17-18H2,1H3,(H,19,20). The lowest BCUT2D eigenvalue weighted by molar-refractivity contribution is -0.120. The number of hydrazine groups is 1. The predicted molar refractivity (Wildman–Crippen MR) is 87.6 cm³/mol. The van der Waals surface area contributed by atoms with Crippen LogP contribution in [-0.4, -0.2) is 5.91 Å². The number of aryl methyl sites for hydroxylation is 1. The molecule has 21 heavy (non-hydrogen) atoms. The van der Waals surface area contributed by atoms with Crippen LogP contribution in [-0.2, 0) is 17.0 Å². The highest BCUT2D eigenvalue weighted by Crippen LogP contribution is 2.30. The van der Waals surface area contributed by atoms with Gasteiger partial charge < -0.3 is 5.73 Å². The number of nitrogens with one attached hydrogen (secondary N) is 1. The summed E-state index contributed by atoms with van der Waals surface area (Å²) in [7, 11) is 0. The fourth-order valence-corrected chi connectivity index (χ4v) is 3.11.